The molecule has 4 heteroatoms. The summed E-state index contributed by atoms with van der Waals surface area (Å²) in [6.45, 7) is 2.13. The molecule has 4 N–H and O–H groups in total. The largest absolute Gasteiger partial charge is 0.369 e. The molecule has 9 heavy (non-hydrogen) atoms. The van der Waals surface area contributed by atoms with Crippen molar-refractivity contribution in [3.63, 3.8) is 0 Å². The number of unbranched alkanes of at least 4 members (excludes halogenated alkanes) is 1. The van der Waals surface area contributed by atoms with Crippen LogP contribution in [0.3, 0.4) is 0 Å². The van der Waals surface area contributed by atoms with Crippen molar-refractivity contribution in [2.24, 2.45) is 5.73 Å². The second-order valence-electron chi connectivity index (χ2n) is 1.72. The minimum atomic E-state index is 0.0381. The van der Waals surface area contributed by atoms with Crippen molar-refractivity contribution < 1.29 is 0 Å². The lowest BCUT2D eigenvalue weighted by atomic mass is 10.4. The fraction of sp³-hybridized carbons (Fsp3) is 0.800. The number of nitrogens with one attached hydrogen (secondary N) is 2. The molecule has 0 aromatic carbocycles. The van der Waals surface area contributed by atoms with E-state index in [0.29, 0.717) is 0 Å². The first kappa shape index (κ1) is 8.62. The molecule has 0 saturated carbocycles. The average molecular weight is 147 g/mol. The van der Waals surface area contributed by atoms with Crippen molar-refractivity contribution in [3.05, 3.63) is 0 Å². The number of guanidine groups is 1. The van der Waals surface area contributed by atoms with E-state index in [9.17, 15) is 0 Å². The van der Waals surface area contributed by atoms with Gasteiger partial charge in [0.2, 0.25) is 0 Å². The lowest BCUT2D eigenvalue weighted by Gasteiger charge is -1.99. The lowest BCUT2D eigenvalue weighted by molar-refractivity contribution is 0.895. The summed E-state index contributed by atoms with van der Waals surface area (Å²) in [6, 6.07) is 0. The van der Waals surface area contributed by atoms with Gasteiger partial charge in [-0.2, -0.15) is 0 Å². The second-order valence-corrected chi connectivity index (χ2v) is 2.62. The smallest absolute Gasteiger partial charge is 0.195 e. The van der Waals surface area contributed by atoms with E-state index in [2.05, 4.69) is 11.6 Å². The Morgan fingerprint density at radius 2 is 2.44 bits per heavy atom. The van der Waals surface area contributed by atoms with Crippen molar-refractivity contribution in [1.82, 2.24) is 4.72 Å². The van der Waals surface area contributed by atoms with Gasteiger partial charge in [0.15, 0.2) is 5.96 Å². The summed E-state index contributed by atoms with van der Waals surface area (Å²) in [6.07, 6.45) is 2.36. The van der Waals surface area contributed by atoms with Gasteiger partial charge in [0.1, 0.15) is 0 Å². The van der Waals surface area contributed by atoms with E-state index in [-0.39, 0.29) is 5.96 Å². The van der Waals surface area contributed by atoms with Gasteiger partial charge in [-0.1, -0.05) is 25.3 Å². The monoisotopic (exact) mass is 147 g/mol. The highest BCUT2D eigenvalue weighted by atomic mass is 32.2. The maximum absolute atomic E-state index is 6.78. The molecule has 0 radical (unpaired) electrons. The zero-order valence-corrected chi connectivity index (χ0v) is 6.42. The highest BCUT2D eigenvalue weighted by Gasteiger charge is 1.86. The van der Waals surface area contributed by atoms with Crippen LogP contribution < -0.4 is 10.5 Å². The molecule has 54 valence electrons. The van der Waals surface area contributed by atoms with Crippen LogP contribution in [0.5, 0.6) is 0 Å². The maximum atomic E-state index is 6.78. The van der Waals surface area contributed by atoms with E-state index in [4.69, 9.17) is 11.1 Å². The normalized spacial score (nSPS) is 9.00. The quantitative estimate of drug-likeness (QED) is 0.240. The Balaban J connectivity index is 2.83. The van der Waals surface area contributed by atoms with Crippen LogP contribution in [-0.2, 0) is 0 Å². The van der Waals surface area contributed by atoms with Crippen LogP contribution in [0.2, 0.25) is 0 Å². The number of hydrogen-bond acceptors (Lipinski definition) is 2. The molecular formula is C5H13N3S. The molecule has 0 aliphatic heterocycles. The minimum Gasteiger partial charge on any atom is -0.369 e. The zero-order chi connectivity index (χ0) is 7.11. The van der Waals surface area contributed by atoms with Crippen molar-refractivity contribution in [2.75, 3.05) is 5.75 Å². The van der Waals surface area contributed by atoms with Gasteiger partial charge in [0.25, 0.3) is 0 Å². The number of rotatable bonds is 4. The molecule has 0 aromatic heterocycles. The van der Waals surface area contributed by atoms with Gasteiger partial charge in [-0.3, -0.25) is 5.41 Å². The van der Waals surface area contributed by atoms with Gasteiger partial charge in [-0.15, -0.1) is 0 Å². The van der Waals surface area contributed by atoms with Gasteiger partial charge in [-0.05, 0) is 6.42 Å². The fourth-order valence-electron chi connectivity index (χ4n) is 0.345. The SMILES string of the molecule is CCCCSNC(=N)N. The Morgan fingerprint density at radius 1 is 1.78 bits per heavy atom. The summed E-state index contributed by atoms with van der Waals surface area (Å²) in [5.74, 6) is 1.06. The molecule has 0 aliphatic rings. The van der Waals surface area contributed by atoms with Crippen LogP contribution in [-0.4, -0.2) is 11.7 Å². The minimum absolute atomic E-state index is 0.0381. The average Bonchev–Trinajstić information content (AvgIpc) is 1.80. The third-order valence-electron chi connectivity index (χ3n) is 0.782. The molecule has 0 amide bonds. The summed E-state index contributed by atoms with van der Waals surface area (Å²) in [5, 5.41) is 6.78. The van der Waals surface area contributed by atoms with Crippen molar-refractivity contribution >= 4 is 17.9 Å². The zero-order valence-electron chi connectivity index (χ0n) is 5.61. The van der Waals surface area contributed by atoms with E-state index in [1.807, 2.05) is 0 Å². The van der Waals surface area contributed by atoms with Crippen molar-refractivity contribution in [1.29, 1.82) is 5.41 Å². The molecule has 0 spiro atoms. The Bertz CT molecular complexity index is 84.3. The Labute approximate surface area is 60.0 Å². The van der Waals surface area contributed by atoms with Crippen LogP contribution >= 0.6 is 11.9 Å². The topological polar surface area (TPSA) is 61.9 Å². The van der Waals surface area contributed by atoms with E-state index in [1.165, 1.54) is 24.8 Å². The first-order valence-electron chi connectivity index (χ1n) is 2.99. The van der Waals surface area contributed by atoms with E-state index in [1.54, 1.807) is 0 Å². The Kier molecular flexibility index (Phi) is 5.51. The summed E-state index contributed by atoms with van der Waals surface area (Å²) in [5.41, 5.74) is 5.03. The second kappa shape index (κ2) is 5.75. The molecular weight excluding hydrogens is 134 g/mol. The summed E-state index contributed by atoms with van der Waals surface area (Å²) in [4.78, 5) is 0. The third-order valence-corrected chi connectivity index (χ3v) is 1.64. The van der Waals surface area contributed by atoms with Crippen molar-refractivity contribution in [2.45, 2.75) is 19.8 Å². The summed E-state index contributed by atoms with van der Waals surface area (Å²) >= 11 is 1.49. The van der Waals surface area contributed by atoms with Gasteiger partial charge in [0, 0.05) is 5.75 Å². The molecule has 0 bridgehead atoms. The van der Waals surface area contributed by atoms with Crippen LogP contribution in [0.4, 0.5) is 0 Å². The molecule has 0 unspecified atom stereocenters. The molecule has 0 fully saturated rings. The van der Waals surface area contributed by atoms with Crippen LogP contribution in [0.25, 0.3) is 0 Å². The number of nitrogens with two attached hydrogens (primary N) is 1. The molecule has 0 saturated heterocycles. The van der Waals surface area contributed by atoms with Gasteiger partial charge in [0.05, 0.1) is 0 Å². The predicted molar refractivity (Wildman–Crippen MR) is 42.4 cm³/mol. The molecule has 0 aromatic rings. The van der Waals surface area contributed by atoms with Crippen molar-refractivity contribution in [3.8, 4) is 0 Å². The van der Waals surface area contributed by atoms with Gasteiger partial charge >= 0.3 is 0 Å². The molecule has 0 heterocycles. The highest BCUT2D eigenvalue weighted by molar-refractivity contribution is 7.97. The lowest BCUT2D eigenvalue weighted by Crippen LogP contribution is -2.24. The van der Waals surface area contributed by atoms with Crippen LogP contribution in [0.15, 0.2) is 0 Å². The Morgan fingerprint density at radius 3 is 2.89 bits per heavy atom. The van der Waals surface area contributed by atoms with Crippen LogP contribution in [0, 0.1) is 5.41 Å². The fourth-order valence-corrected chi connectivity index (χ4v) is 1.04. The molecule has 0 atom stereocenters. The van der Waals surface area contributed by atoms with E-state index < -0.39 is 0 Å². The Hall–Kier alpha value is -0.380. The molecule has 0 aliphatic carbocycles. The predicted octanol–water partition coefficient (Wildman–Crippen LogP) is 0.918. The van der Waals surface area contributed by atoms with Crippen LogP contribution in [0.1, 0.15) is 19.8 Å². The maximum Gasteiger partial charge on any atom is 0.195 e. The standard InChI is InChI=1S/C5H13N3S/c1-2-3-4-9-8-5(6)7/h2-4H2,1H3,(H4,6,7,8). The number of hydrogen-bond donors (Lipinski definition) is 3. The highest BCUT2D eigenvalue weighted by Crippen LogP contribution is 1.97. The van der Waals surface area contributed by atoms with Gasteiger partial charge < -0.3 is 10.5 Å². The summed E-state index contributed by atoms with van der Waals surface area (Å²) < 4.78 is 2.66. The molecule has 0 rings (SSSR count). The van der Waals surface area contributed by atoms with E-state index in [0.717, 1.165) is 5.75 Å². The summed E-state index contributed by atoms with van der Waals surface area (Å²) in [7, 11) is 0. The third kappa shape index (κ3) is 7.62. The molecule has 3 nitrogen and oxygen atoms in total. The van der Waals surface area contributed by atoms with E-state index >= 15 is 0 Å². The van der Waals surface area contributed by atoms with Gasteiger partial charge in [-0.25, -0.2) is 0 Å². The first-order valence-corrected chi connectivity index (χ1v) is 3.97. The first-order chi connectivity index (χ1) is 4.27.